The van der Waals surface area contributed by atoms with Crippen LogP contribution in [-0.4, -0.2) is 12.1 Å². The lowest BCUT2D eigenvalue weighted by molar-refractivity contribution is -0.113. The summed E-state index contributed by atoms with van der Waals surface area (Å²) < 4.78 is 0. The van der Waals surface area contributed by atoms with Crippen molar-refractivity contribution in [2.45, 2.75) is 0 Å². The van der Waals surface area contributed by atoms with Gasteiger partial charge < -0.3 is 0 Å². The van der Waals surface area contributed by atoms with Crippen LogP contribution in [0, 0.1) is 0 Å². The van der Waals surface area contributed by atoms with Crippen LogP contribution in [0.15, 0.2) is 57.9 Å². The van der Waals surface area contributed by atoms with Gasteiger partial charge in [-0.3, -0.25) is 10.2 Å². The number of para-hydroxylation sites is 1. The van der Waals surface area contributed by atoms with Crippen molar-refractivity contribution >= 4 is 23.9 Å². The Kier molecular flexibility index (Phi) is 3.54. The van der Waals surface area contributed by atoms with Crippen molar-refractivity contribution in [1.29, 1.82) is 0 Å². The molecule has 0 spiro atoms. The maximum absolute atomic E-state index is 9.90. The fourth-order valence-corrected chi connectivity index (χ4v) is 1.26. The first-order valence-corrected chi connectivity index (χ1v) is 5.02. The molecule has 2 aliphatic heterocycles. The normalized spacial score (nSPS) is 14.7. The highest BCUT2D eigenvalue weighted by Crippen LogP contribution is 2.17. The first-order valence-electron chi connectivity index (χ1n) is 5.02. The summed E-state index contributed by atoms with van der Waals surface area (Å²) in [7, 11) is 0. The second kappa shape index (κ2) is 5.50. The number of carbonyl (C=O) groups excluding carboxylic acids is 1. The minimum Gasteiger partial charge on any atom is -0.278 e. The van der Waals surface area contributed by atoms with E-state index >= 15 is 0 Å². The quantitative estimate of drug-likeness (QED) is 0.738. The van der Waals surface area contributed by atoms with Crippen molar-refractivity contribution < 1.29 is 4.79 Å². The molecular formula is C12H10N4O. The monoisotopic (exact) mass is 226 g/mol. The van der Waals surface area contributed by atoms with Gasteiger partial charge in [-0.15, -0.1) is 5.11 Å². The van der Waals surface area contributed by atoms with Gasteiger partial charge in [0.25, 0.3) is 5.91 Å². The molecule has 84 valence electrons. The Balaban J connectivity index is 0.000000153. The van der Waals surface area contributed by atoms with Crippen LogP contribution in [0.3, 0.4) is 0 Å². The zero-order valence-electron chi connectivity index (χ0n) is 8.95. The molecule has 0 saturated heterocycles. The van der Waals surface area contributed by atoms with E-state index in [1.807, 2.05) is 36.4 Å². The van der Waals surface area contributed by atoms with E-state index in [0.717, 1.165) is 5.69 Å². The van der Waals surface area contributed by atoms with Gasteiger partial charge in [0.15, 0.2) is 0 Å². The van der Waals surface area contributed by atoms with Crippen molar-refractivity contribution in [2.24, 2.45) is 15.3 Å². The number of hydrogen-bond acceptors (Lipinski definition) is 4. The number of rotatable bonds is 0. The van der Waals surface area contributed by atoms with Gasteiger partial charge in [-0.05, 0) is 17.7 Å². The van der Waals surface area contributed by atoms with Gasteiger partial charge in [-0.25, -0.2) is 0 Å². The Hall–Kier alpha value is -2.56. The standard InChI is InChI=1S/C9H8N2.C3H2N2O/c1-2-6-9-8(4-1)5-3-7-10-11-9;6-3-1-2-4-5-3/h1-7,11H;1-2H. The van der Waals surface area contributed by atoms with Crippen LogP contribution in [-0.2, 0) is 4.79 Å². The molecule has 5 nitrogen and oxygen atoms in total. The SMILES string of the molecule is C1=Cc2ccccc2NN=C1.O=C1C=CN=N1. The molecule has 0 aliphatic carbocycles. The zero-order valence-corrected chi connectivity index (χ0v) is 8.95. The summed E-state index contributed by atoms with van der Waals surface area (Å²) in [6.07, 6.45) is 8.35. The van der Waals surface area contributed by atoms with Crippen LogP contribution < -0.4 is 5.43 Å². The van der Waals surface area contributed by atoms with Gasteiger partial charge in [0, 0.05) is 12.3 Å². The van der Waals surface area contributed by atoms with Crippen LogP contribution in [0.2, 0.25) is 0 Å². The molecule has 0 saturated carbocycles. The molecule has 17 heavy (non-hydrogen) atoms. The lowest BCUT2D eigenvalue weighted by Gasteiger charge is -2.00. The predicted molar refractivity (Wildman–Crippen MR) is 66.6 cm³/mol. The number of nitrogens with zero attached hydrogens (tertiary/aromatic N) is 3. The van der Waals surface area contributed by atoms with E-state index in [2.05, 4.69) is 20.8 Å². The number of anilines is 1. The fourth-order valence-electron chi connectivity index (χ4n) is 1.26. The molecular weight excluding hydrogens is 216 g/mol. The Morgan fingerprint density at radius 3 is 2.71 bits per heavy atom. The molecule has 3 rings (SSSR count). The highest BCUT2D eigenvalue weighted by Gasteiger charge is 1.96. The Labute approximate surface area is 98.3 Å². The lowest BCUT2D eigenvalue weighted by Crippen LogP contribution is -1.87. The summed E-state index contributed by atoms with van der Waals surface area (Å²) in [4.78, 5) is 9.90. The number of azo groups is 1. The average molecular weight is 226 g/mol. The number of benzene rings is 1. The van der Waals surface area contributed by atoms with Crippen molar-refractivity contribution in [1.82, 2.24) is 0 Å². The molecule has 0 bridgehead atoms. The summed E-state index contributed by atoms with van der Waals surface area (Å²) in [5.74, 6) is -0.269. The molecule has 0 radical (unpaired) electrons. The molecule has 1 amide bonds. The smallest absolute Gasteiger partial charge is 0.278 e. The summed E-state index contributed by atoms with van der Waals surface area (Å²) in [5.41, 5.74) is 5.16. The van der Waals surface area contributed by atoms with E-state index in [1.165, 1.54) is 17.8 Å². The predicted octanol–water partition coefficient (Wildman–Crippen LogP) is 2.60. The van der Waals surface area contributed by atoms with Crippen LogP contribution in [0.4, 0.5) is 5.69 Å². The van der Waals surface area contributed by atoms with Crippen molar-refractivity contribution in [3.63, 3.8) is 0 Å². The lowest BCUT2D eigenvalue weighted by atomic mass is 10.2. The van der Waals surface area contributed by atoms with E-state index in [1.54, 1.807) is 6.21 Å². The number of hydrogen-bond donors (Lipinski definition) is 1. The Morgan fingerprint density at radius 2 is 2.00 bits per heavy atom. The second-order valence-corrected chi connectivity index (χ2v) is 3.21. The van der Waals surface area contributed by atoms with E-state index in [-0.39, 0.29) is 5.91 Å². The summed E-state index contributed by atoms with van der Waals surface area (Å²) in [5, 5.41) is 10.3. The maximum Gasteiger partial charge on any atom is 0.289 e. The van der Waals surface area contributed by atoms with E-state index < -0.39 is 0 Å². The Bertz CT molecular complexity index is 515. The first kappa shape index (κ1) is 10.9. The van der Waals surface area contributed by atoms with Crippen LogP contribution in [0.5, 0.6) is 0 Å². The third-order valence-corrected chi connectivity index (χ3v) is 2.02. The Morgan fingerprint density at radius 1 is 1.12 bits per heavy atom. The molecule has 1 aromatic carbocycles. The highest BCUT2D eigenvalue weighted by atomic mass is 16.1. The molecule has 1 aromatic rings. The molecule has 5 heteroatoms. The van der Waals surface area contributed by atoms with Gasteiger partial charge in [-0.1, -0.05) is 24.3 Å². The topological polar surface area (TPSA) is 66.2 Å². The second-order valence-electron chi connectivity index (χ2n) is 3.21. The third kappa shape index (κ3) is 3.20. The maximum atomic E-state index is 9.90. The molecule has 0 atom stereocenters. The van der Waals surface area contributed by atoms with E-state index in [9.17, 15) is 4.79 Å². The number of nitrogens with one attached hydrogen (secondary N) is 1. The van der Waals surface area contributed by atoms with Gasteiger partial charge in [0.2, 0.25) is 0 Å². The van der Waals surface area contributed by atoms with Crippen molar-refractivity contribution in [3.05, 3.63) is 48.2 Å². The number of fused-ring (bicyclic) bond motifs is 1. The van der Waals surface area contributed by atoms with Crippen molar-refractivity contribution in [3.8, 4) is 0 Å². The molecule has 0 unspecified atom stereocenters. The van der Waals surface area contributed by atoms with Crippen LogP contribution in [0.1, 0.15) is 5.56 Å². The number of carbonyl (C=O) groups is 1. The summed E-state index contributed by atoms with van der Waals surface area (Å²) in [6.45, 7) is 0. The molecule has 2 aliphatic rings. The first-order chi connectivity index (χ1) is 8.36. The number of allylic oxidation sites excluding steroid dienone is 1. The van der Waals surface area contributed by atoms with Gasteiger partial charge >= 0.3 is 0 Å². The molecule has 1 N–H and O–H groups in total. The van der Waals surface area contributed by atoms with Gasteiger partial charge in [-0.2, -0.15) is 10.2 Å². The third-order valence-electron chi connectivity index (χ3n) is 2.02. The average Bonchev–Trinajstić information content (AvgIpc) is 2.70. The molecule has 0 fully saturated rings. The fraction of sp³-hybridized carbons (Fsp3) is 0. The zero-order chi connectivity index (χ0) is 11.9. The van der Waals surface area contributed by atoms with Gasteiger partial charge in [0.05, 0.1) is 11.9 Å². The van der Waals surface area contributed by atoms with Crippen LogP contribution in [0.25, 0.3) is 6.08 Å². The van der Waals surface area contributed by atoms with Gasteiger partial charge in [0.1, 0.15) is 0 Å². The minimum absolute atomic E-state index is 0.269. The summed E-state index contributed by atoms with van der Waals surface area (Å²) in [6, 6.07) is 8.05. The van der Waals surface area contributed by atoms with Crippen molar-refractivity contribution in [2.75, 3.05) is 5.43 Å². The van der Waals surface area contributed by atoms with E-state index in [4.69, 9.17) is 0 Å². The highest BCUT2D eigenvalue weighted by molar-refractivity contribution is 5.89. The minimum atomic E-state index is -0.269. The largest absolute Gasteiger partial charge is 0.289 e. The molecule has 0 aromatic heterocycles. The van der Waals surface area contributed by atoms with Crippen LogP contribution >= 0.6 is 0 Å². The summed E-state index contributed by atoms with van der Waals surface area (Å²) >= 11 is 0. The molecule has 2 heterocycles. The van der Waals surface area contributed by atoms with E-state index in [0.29, 0.717) is 0 Å². The number of amides is 1. The number of hydrazone groups is 1.